The van der Waals surface area contributed by atoms with Crippen molar-refractivity contribution in [2.24, 2.45) is 5.92 Å². The molecule has 0 saturated carbocycles. The first kappa shape index (κ1) is 18.8. The molecule has 0 aromatic heterocycles. The number of nitrogens with zero attached hydrogens (tertiary/aromatic N) is 1. The second kappa shape index (κ2) is 8.58. The number of amides is 2. The van der Waals surface area contributed by atoms with Crippen LogP contribution in [0.4, 0.5) is 11.4 Å². The zero-order valence-corrected chi connectivity index (χ0v) is 15.6. The van der Waals surface area contributed by atoms with Crippen LogP contribution >= 0.6 is 0 Å². The van der Waals surface area contributed by atoms with E-state index in [0.29, 0.717) is 30.5 Å². The van der Waals surface area contributed by atoms with Gasteiger partial charge in [-0.05, 0) is 30.2 Å². The SMILES string of the molecule is CC(C)CN1C(=O)COc2cc(NC(=O)CCOc3ccccc3)ccc21. The van der Waals surface area contributed by atoms with Gasteiger partial charge in [0.25, 0.3) is 5.91 Å². The highest BCUT2D eigenvalue weighted by Gasteiger charge is 2.26. The molecule has 0 bridgehead atoms. The molecule has 6 heteroatoms. The van der Waals surface area contributed by atoms with E-state index in [1.54, 1.807) is 17.0 Å². The molecule has 0 atom stereocenters. The lowest BCUT2D eigenvalue weighted by Gasteiger charge is -2.31. The molecule has 2 amide bonds. The molecular formula is C21H24N2O4. The molecule has 2 aromatic carbocycles. The third-order valence-electron chi connectivity index (χ3n) is 4.08. The van der Waals surface area contributed by atoms with Crippen LogP contribution in [-0.2, 0) is 9.59 Å². The van der Waals surface area contributed by atoms with Crippen molar-refractivity contribution in [1.29, 1.82) is 0 Å². The van der Waals surface area contributed by atoms with Gasteiger partial charge in [0.2, 0.25) is 5.91 Å². The Bertz CT molecular complexity index is 805. The minimum Gasteiger partial charge on any atom is -0.493 e. The molecule has 0 radical (unpaired) electrons. The average Bonchev–Trinajstić information content (AvgIpc) is 2.65. The molecule has 1 heterocycles. The molecule has 0 aliphatic carbocycles. The Morgan fingerprint density at radius 3 is 2.74 bits per heavy atom. The van der Waals surface area contributed by atoms with E-state index in [2.05, 4.69) is 19.2 Å². The normalized spacial score (nSPS) is 13.1. The molecule has 142 valence electrons. The Labute approximate surface area is 159 Å². The Morgan fingerprint density at radius 2 is 2.00 bits per heavy atom. The number of carbonyl (C=O) groups is 2. The maximum atomic E-state index is 12.1. The molecule has 27 heavy (non-hydrogen) atoms. The molecular weight excluding hydrogens is 344 g/mol. The molecule has 0 fully saturated rings. The molecule has 1 aliphatic heterocycles. The molecule has 1 N–H and O–H groups in total. The summed E-state index contributed by atoms with van der Waals surface area (Å²) < 4.78 is 11.1. The first-order valence-corrected chi connectivity index (χ1v) is 9.08. The largest absolute Gasteiger partial charge is 0.493 e. The van der Waals surface area contributed by atoms with E-state index >= 15 is 0 Å². The molecule has 2 aromatic rings. The summed E-state index contributed by atoms with van der Waals surface area (Å²) in [5.74, 6) is 1.50. The van der Waals surface area contributed by atoms with Crippen molar-refractivity contribution in [3.8, 4) is 11.5 Å². The van der Waals surface area contributed by atoms with Crippen LogP contribution in [0, 0.1) is 5.92 Å². The summed E-state index contributed by atoms with van der Waals surface area (Å²) >= 11 is 0. The standard InChI is InChI=1S/C21H24N2O4/c1-15(2)13-23-18-9-8-16(12-19(18)27-14-21(23)25)22-20(24)10-11-26-17-6-4-3-5-7-17/h3-9,12,15H,10-11,13-14H2,1-2H3,(H,22,24). The Kier molecular flexibility index (Phi) is 5.96. The van der Waals surface area contributed by atoms with Crippen LogP contribution in [0.5, 0.6) is 11.5 Å². The lowest BCUT2D eigenvalue weighted by molar-refractivity contribution is -0.121. The van der Waals surface area contributed by atoms with Crippen molar-refractivity contribution < 1.29 is 19.1 Å². The van der Waals surface area contributed by atoms with Crippen LogP contribution in [-0.4, -0.2) is 31.6 Å². The summed E-state index contributed by atoms with van der Waals surface area (Å²) in [6.45, 7) is 5.08. The third-order valence-corrected chi connectivity index (χ3v) is 4.08. The summed E-state index contributed by atoms with van der Waals surface area (Å²) in [6.07, 6.45) is 0.241. The van der Waals surface area contributed by atoms with Crippen molar-refractivity contribution in [2.45, 2.75) is 20.3 Å². The predicted octanol–water partition coefficient (Wildman–Crippen LogP) is 3.48. The van der Waals surface area contributed by atoms with Crippen molar-refractivity contribution >= 4 is 23.2 Å². The summed E-state index contributed by atoms with van der Waals surface area (Å²) in [5.41, 5.74) is 1.38. The van der Waals surface area contributed by atoms with Crippen LogP contribution in [0.3, 0.4) is 0 Å². The quantitative estimate of drug-likeness (QED) is 0.812. The predicted molar refractivity (Wildman–Crippen MR) is 104 cm³/mol. The fraction of sp³-hybridized carbons (Fsp3) is 0.333. The van der Waals surface area contributed by atoms with Gasteiger partial charge in [-0.3, -0.25) is 9.59 Å². The lowest BCUT2D eigenvalue weighted by Crippen LogP contribution is -2.40. The van der Waals surface area contributed by atoms with Crippen molar-refractivity contribution in [2.75, 3.05) is 30.0 Å². The van der Waals surface area contributed by atoms with Gasteiger partial charge in [-0.25, -0.2) is 0 Å². The molecule has 6 nitrogen and oxygen atoms in total. The number of fused-ring (bicyclic) bond motifs is 1. The van der Waals surface area contributed by atoms with Gasteiger partial charge >= 0.3 is 0 Å². The summed E-state index contributed by atoms with van der Waals surface area (Å²) in [4.78, 5) is 26.0. The van der Waals surface area contributed by atoms with Crippen molar-refractivity contribution in [3.05, 3.63) is 48.5 Å². The Morgan fingerprint density at radius 1 is 1.22 bits per heavy atom. The van der Waals surface area contributed by atoms with E-state index in [4.69, 9.17) is 9.47 Å². The van der Waals surface area contributed by atoms with Crippen LogP contribution in [0.2, 0.25) is 0 Å². The number of benzene rings is 2. The fourth-order valence-electron chi connectivity index (χ4n) is 2.85. The zero-order valence-electron chi connectivity index (χ0n) is 15.6. The second-order valence-corrected chi connectivity index (χ2v) is 6.83. The third kappa shape index (κ3) is 5.00. The monoisotopic (exact) mass is 368 g/mol. The number of ether oxygens (including phenoxy) is 2. The molecule has 0 saturated heterocycles. The van der Waals surface area contributed by atoms with Gasteiger partial charge in [-0.15, -0.1) is 0 Å². The topological polar surface area (TPSA) is 67.9 Å². The first-order valence-electron chi connectivity index (χ1n) is 9.08. The lowest BCUT2D eigenvalue weighted by atomic mass is 10.1. The Balaban J connectivity index is 1.58. The van der Waals surface area contributed by atoms with Crippen molar-refractivity contribution in [3.63, 3.8) is 0 Å². The molecule has 0 spiro atoms. The Hall–Kier alpha value is -3.02. The summed E-state index contributed by atoms with van der Waals surface area (Å²) in [7, 11) is 0. The van der Waals surface area contributed by atoms with Gasteiger partial charge in [0.15, 0.2) is 6.61 Å². The number of carbonyl (C=O) groups excluding carboxylic acids is 2. The first-order chi connectivity index (χ1) is 13.0. The minimum atomic E-state index is -0.142. The van der Waals surface area contributed by atoms with E-state index in [0.717, 1.165) is 11.4 Å². The van der Waals surface area contributed by atoms with Gasteiger partial charge in [0, 0.05) is 18.3 Å². The highest BCUT2D eigenvalue weighted by molar-refractivity contribution is 5.99. The smallest absolute Gasteiger partial charge is 0.265 e. The summed E-state index contributed by atoms with van der Waals surface area (Å²) in [5, 5.41) is 2.84. The number of hydrogen-bond acceptors (Lipinski definition) is 4. The van der Waals surface area contributed by atoms with Gasteiger partial charge < -0.3 is 19.7 Å². The maximum absolute atomic E-state index is 12.1. The maximum Gasteiger partial charge on any atom is 0.265 e. The highest BCUT2D eigenvalue weighted by atomic mass is 16.5. The number of para-hydroxylation sites is 1. The van der Waals surface area contributed by atoms with Crippen LogP contribution < -0.4 is 19.7 Å². The highest BCUT2D eigenvalue weighted by Crippen LogP contribution is 2.35. The number of rotatable bonds is 7. The van der Waals surface area contributed by atoms with Gasteiger partial charge in [-0.1, -0.05) is 32.0 Å². The second-order valence-electron chi connectivity index (χ2n) is 6.83. The van der Waals surface area contributed by atoms with Crippen LogP contribution in [0.25, 0.3) is 0 Å². The van der Waals surface area contributed by atoms with E-state index in [1.165, 1.54) is 0 Å². The minimum absolute atomic E-state index is 0.0159. The van der Waals surface area contributed by atoms with E-state index in [1.807, 2.05) is 36.4 Å². The van der Waals surface area contributed by atoms with Crippen LogP contribution in [0.15, 0.2) is 48.5 Å². The van der Waals surface area contributed by atoms with E-state index in [9.17, 15) is 9.59 Å². The molecule has 0 unspecified atom stereocenters. The van der Waals surface area contributed by atoms with Crippen molar-refractivity contribution in [1.82, 2.24) is 0 Å². The average molecular weight is 368 g/mol. The number of hydrogen-bond donors (Lipinski definition) is 1. The number of anilines is 2. The van der Waals surface area contributed by atoms with Gasteiger partial charge in [-0.2, -0.15) is 0 Å². The van der Waals surface area contributed by atoms with Gasteiger partial charge in [0.05, 0.1) is 18.7 Å². The van der Waals surface area contributed by atoms with E-state index < -0.39 is 0 Å². The molecule has 1 aliphatic rings. The number of nitrogens with one attached hydrogen (secondary N) is 1. The fourth-order valence-corrected chi connectivity index (χ4v) is 2.85. The van der Waals surface area contributed by atoms with Crippen LogP contribution in [0.1, 0.15) is 20.3 Å². The van der Waals surface area contributed by atoms with Gasteiger partial charge in [0.1, 0.15) is 11.5 Å². The van der Waals surface area contributed by atoms with E-state index in [-0.39, 0.29) is 24.8 Å². The molecule has 3 rings (SSSR count). The zero-order chi connectivity index (χ0) is 19.2. The summed E-state index contributed by atoms with van der Waals surface area (Å²) in [6, 6.07) is 14.7.